The molecule has 1 aromatic carbocycles. The molecule has 1 N–H and O–H groups in total. The van der Waals surface area contributed by atoms with Gasteiger partial charge in [-0.1, -0.05) is 17.7 Å². The summed E-state index contributed by atoms with van der Waals surface area (Å²) in [6, 6.07) is 5.59. The first-order valence-corrected chi connectivity index (χ1v) is 8.36. The van der Waals surface area contributed by atoms with E-state index in [2.05, 4.69) is 21.2 Å². The Morgan fingerprint density at radius 1 is 1.47 bits per heavy atom. The Balaban J connectivity index is 2.53. The molecular formula is C11H15BrClNO2S. The van der Waals surface area contributed by atoms with Crippen LogP contribution in [0.4, 0.5) is 0 Å². The summed E-state index contributed by atoms with van der Waals surface area (Å²) in [6.07, 6.45) is 1.24. The first kappa shape index (κ1) is 15.0. The van der Waals surface area contributed by atoms with Gasteiger partial charge in [0.2, 0.25) is 0 Å². The van der Waals surface area contributed by atoms with Crippen molar-refractivity contribution >= 4 is 37.4 Å². The molecule has 0 aliphatic carbocycles. The monoisotopic (exact) mass is 339 g/mol. The second-order valence-electron chi connectivity index (χ2n) is 4.12. The Kier molecular flexibility index (Phi) is 5.44. The number of benzene rings is 1. The SMILES string of the molecule is CC(CS(C)(=O)=O)NCc1ccc(Br)c(Cl)c1. The Hall–Kier alpha value is -0.100. The van der Waals surface area contributed by atoms with Gasteiger partial charge in [-0.25, -0.2) is 8.42 Å². The van der Waals surface area contributed by atoms with E-state index < -0.39 is 9.84 Å². The van der Waals surface area contributed by atoms with Crippen molar-refractivity contribution in [2.24, 2.45) is 0 Å². The summed E-state index contributed by atoms with van der Waals surface area (Å²) >= 11 is 9.28. The molecule has 96 valence electrons. The molecule has 1 aromatic rings. The van der Waals surface area contributed by atoms with Crippen LogP contribution >= 0.6 is 27.5 Å². The van der Waals surface area contributed by atoms with Crippen molar-refractivity contribution < 1.29 is 8.42 Å². The highest BCUT2D eigenvalue weighted by atomic mass is 79.9. The van der Waals surface area contributed by atoms with E-state index in [9.17, 15) is 8.42 Å². The van der Waals surface area contributed by atoms with Gasteiger partial charge in [0.15, 0.2) is 0 Å². The fraction of sp³-hybridized carbons (Fsp3) is 0.455. The highest BCUT2D eigenvalue weighted by molar-refractivity contribution is 9.10. The van der Waals surface area contributed by atoms with Crippen molar-refractivity contribution in [2.45, 2.75) is 19.5 Å². The molecule has 0 fully saturated rings. The zero-order chi connectivity index (χ0) is 13.1. The summed E-state index contributed by atoms with van der Waals surface area (Å²) in [5.41, 5.74) is 1.03. The van der Waals surface area contributed by atoms with Gasteiger partial charge in [-0.15, -0.1) is 0 Å². The van der Waals surface area contributed by atoms with Crippen LogP contribution in [0.1, 0.15) is 12.5 Å². The largest absolute Gasteiger partial charge is 0.309 e. The van der Waals surface area contributed by atoms with Gasteiger partial charge < -0.3 is 5.32 Å². The lowest BCUT2D eigenvalue weighted by atomic mass is 10.2. The van der Waals surface area contributed by atoms with Gasteiger partial charge in [0.05, 0.1) is 10.8 Å². The van der Waals surface area contributed by atoms with Crippen molar-refractivity contribution in [3.8, 4) is 0 Å². The quantitative estimate of drug-likeness (QED) is 0.896. The highest BCUT2D eigenvalue weighted by Gasteiger charge is 2.09. The minimum absolute atomic E-state index is 0.0765. The molecule has 1 unspecified atom stereocenters. The highest BCUT2D eigenvalue weighted by Crippen LogP contribution is 2.23. The Morgan fingerprint density at radius 2 is 2.12 bits per heavy atom. The van der Waals surface area contributed by atoms with Gasteiger partial charge in [0.25, 0.3) is 0 Å². The third kappa shape index (κ3) is 5.86. The van der Waals surface area contributed by atoms with Gasteiger partial charge in [0.1, 0.15) is 9.84 Å². The average molecular weight is 341 g/mol. The molecule has 0 amide bonds. The van der Waals surface area contributed by atoms with Crippen LogP contribution in [-0.2, 0) is 16.4 Å². The van der Waals surface area contributed by atoms with Crippen LogP contribution in [0.5, 0.6) is 0 Å². The van der Waals surface area contributed by atoms with Crippen molar-refractivity contribution in [3.05, 3.63) is 33.3 Å². The Labute approximate surface area is 116 Å². The molecule has 1 rings (SSSR count). The maximum absolute atomic E-state index is 11.1. The summed E-state index contributed by atoms with van der Waals surface area (Å²) in [5, 5.41) is 3.80. The van der Waals surface area contributed by atoms with Gasteiger partial charge in [0, 0.05) is 23.3 Å². The number of rotatable bonds is 5. The molecule has 1 atom stereocenters. The molecule has 6 heteroatoms. The first-order chi connectivity index (χ1) is 7.78. The summed E-state index contributed by atoms with van der Waals surface area (Å²) in [5.74, 6) is 0.136. The van der Waals surface area contributed by atoms with Gasteiger partial charge in [-0.3, -0.25) is 0 Å². The van der Waals surface area contributed by atoms with Gasteiger partial charge >= 0.3 is 0 Å². The van der Waals surface area contributed by atoms with E-state index in [4.69, 9.17) is 11.6 Å². The zero-order valence-electron chi connectivity index (χ0n) is 9.70. The van der Waals surface area contributed by atoms with Crippen LogP contribution in [0.3, 0.4) is 0 Å². The molecule has 3 nitrogen and oxygen atoms in total. The molecule has 0 spiro atoms. The topological polar surface area (TPSA) is 46.2 Å². The van der Waals surface area contributed by atoms with E-state index in [-0.39, 0.29) is 11.8 Å². The lowest BCUT2D eigenvalue weighted by Gasteiger charge is -2.12. The van der Waals surface area contributed by atoms with Crippen molar-refractivity contribution in [2.75, 3.05) is 12.0 Å². The molecule has 0 aliphatic heterocycles. The van der Waals surface area contributed by atoms with E-state index >= 15 is 0 Å². The zero-order valence-corrected chi connectivity index (χ0v) is 12.9. The molecule has 17 heavy (non-hydrogen) atoms. The van der Waals surface area contributed by atoms with Gasteiger partial charge in [-0.05, 0) is 40.5 Å². The number of nitrogens with one attached hydrogen (secondary N) is 1. The first-order valence-electron chi connectivity index (χ1n) is 5.13. The predicted octanol–water partition coefficient (Wildman–Crippen LogP) is 2.63. The maximum atomic E-state index is 11.1. The minimum Gasteiger partial charge on any atom is -0.309 e. The van der Waals surface area contributed by atoms with Gasteiger partial charge in [-0.2, -0.15) is 0 Å². The van der Waals surface area contributed by atoms with Crippen LogP contribution in [0.2, 0.25) is 5.02 Å². The van der Waals surface area contributed by atoms with Crippen LogP contribution < -0.4 is 5.32 Å². The third-order valence-corrected chi connectivity index (χ3v) is 4.53. The third-order valence-electron chi connectivity index (χ3n) is 2.19. The minimum atomic E-state index is -2.94. The second kappa shape index (κ2) is 6.18. The van der Waals surface area contributed by atoms with Crippen LogP contribution in [0, 0.1) is 0 Å². The summed E-state index contributed by atoms with van der Waals surface area (Å²) in [6.45, 7) is 2.45. The normalized spacial score (nSPS) is 13.6. The Morgan fingerprint density at radius 3 is 2.65 bits per heavy atom. The molecule has 0 aliphatic rings. The molecular weight excluding hydrogens is 326 g/mol. The van der Waals surface area contributed by atoms with E-state index in [1.54, 1.807) is 0 Å². The summed E-state index contributed by atoms with van der Waals surface area (Å²) in [4.78, 5) is 0. The standard InChI is InChI=1S/C11H15BrClNO2S/c1-8(7-17(2,15)16)14-6-9-3-4-10(12)11(13)5-9/h3-5,8,14H,6-7H2,1-2H3. The van der Waals surface area contributed by atoms with Crippen molar-refractivity contribution in [1.82, 2.24) is 5.32 Å². The van der Waals surface area contributed by atoms with E-state index in [0.29, 0.717) is 11.6 Å². The second-order valence-corrected chi connectivity index (χ2v) is 7.57. The molecule has 0 saturated carbocycles. The lowest BCUT2D eigenvalue weighted by molar-refractivity contribution is 0.560. The molecule has 0 saturated heterocycles. The molecule has 0 aromatic heterocycles. The summed E-state index contributed by atoms with van der Waals surface area (Å²) < 4.78 is 23.0. The molecule has 0 bridgehead atoms. The number of hydrogen-bond acceptors (Lipinski definition) is 3. The van der Waals surface area contributed by atoms with Crippen LogP contribution in [0.25, 0.3) is 0 Å². The number of sulfone groups is 1. The number of halogens is 2. The van der Waals surface area contributed by atoms with E-state index in [0.717, 1.165) is 10.0 Å². The molecule has 0 heterocycles. The van der Waals surface area contributed by atoms with Crippen molar-refractivity contribution in [1.29, 1.82) is 0 Å². The average Bonchev–Trinajstić information content (AvgIpc) is 2.17. The van der Waals surface area contributed by atoms with Crippen LogP contribution in [0.15, 0.2) is 22.7 Å². The lowest BCUT2D eigenvalue weighted by Crippen LogP contribution is -2.32. The predicted molar refractivity (Wildman–Crippen MR) is 75.2 cm³/mol. The fourth-order valence-electron chi connectivity index (χ4n) is 1.45. The fourth-order valence-corrected chi connectivity index (χ4v) is 2.93. The number of hydrogen-bond donors (Lipinski definition) is 1. The van der Waals surface area contributed by atoms with E-state index in [1.807, 2.05) is 25.1 Å². The van der Waals surface area contributed by atoms with E-state index in [1.165, 1.54) is 6.26 Å². The van der Waals surface area contributed by atoms with Crippen molar-refractivity contribution in [3.63, 3.8) is 0 Å². The maximum Gasteiger partial charge on any atom is 0.148 e. The summed E-state index contributed by atoms with van der Waals surface area (Å²) in [7, 11) is -2.94. The van der Waals surface area contributed by atoms with Crippen LogP contribution in [-0.4, -0.2) is 26.5 Å². The smallest absolute Gasteiger partial charge is 0.148 e. The molecule has 0 radical (unpaired) electrons. The Bertz CT molecular complexity index is 490.